The average molecular weight is 334 g/mol. The molecule has 4 nitrogen and oxygen atoms in total. The minimum absolute atomic E-state index is 0.0729. The summed E-state index contributed by atoms with van der Waals surface area (Å²) in [7, 11) is 1.57. The number of hydrogen-bond acceptors (Lipinski definition) is 4. The Hall–Kier alpha value is -1.84. The maximum Gasteiger partial charge on any atom is 0.310 e. The van der Waals surface area contributed by atoms with Crippen LogP contribution < -0.4 is 4.74 Å². The van der Waals surface area contributed by atoms with E-state index in [2.05, 4.69) is 6.92 Å². The van der Waals surface area contributed by atoms with Crippen molar-refractivity contribution in [3.63, 3.8) is 0 Å². The topological polar surface area (TPSA) is 52.6 Å². The second kappa shape index (κ2) is 11.7. The summed E-state index contributed by atoms with van der Waals surface area (Å²) in [5, 5.41) is 0. The number of ketones is 1. The molecular formula is C20H30O4. The molecule has 0 saturated carbocycles. The quantitative estimate of drug-likeness (QED) is 0.315. The first-order chi connectivity index (χ1) is 11.6. The predicted octanol–water partition coefficient (Wildman–Crippen LogP) is 4.73. The van der Waals surface area contributed by atoms with E-state index < -0.39 is 0 Å². The smallest absolute Gasteiger partial charge is 0.310 e. The van der Waals surface area contributed by atoms with Crippen LogP contribution in [0.3, 0.4) is 0 Å². The molecule has 4 heteroatoms. The van der Waals surface area contributed by atoms with Gasteiger partial charge in [0, 0.05) is 12.0 Å². The van der Waals surface area contributed by atoms with Gasteiger partial charge in [0.15, 0.2) is 5.78 Å². The predicted molar refractivity (Wildman–Crippen MR) is 95.7 cm³/mol. The van der Waals surface area contributed by atoms with E-state index in [-0.39, 0.29) is 18.2 Å². The van der Waals surface area contributed by atoms with Gasteiger partial charge in [-0.25, -0.2) is 0 Å². The third-order valence-electron chi connectivity index (χ3n) is 4.01. The Bertz CT molecular complexity index is 522. The molecule has 1 aromatic rings. The van der Waals surface area contributed by atoms with Gasteiger partial charge in [0.25, 0.3) is 0 Å². The van der Waals surface area contributed by atoms with Gasteiger partial charge in [-0.05, 0) is 31.0 Å². The van der Waals surface area contributed by atoms with E-state index in [1.165, 1.54) is 25.7 Å². The lowest BCUT2D eigenvalue weighted by molar-refractivity contribution is -0.142. The highest BCUT2D eigenvalue weighted by Gasteiger charge is 2.15. The first-order valence-electron chi connectivity index (χ1n) is 8.98. The van der Waals surface area contributed by atoms with Crippen LogP contribution in [0.4, 0.5) is 0 Å². The number of rotatable bonds is 12. The van der Waals surface area contributed by atoms with Gasteiger partial charge < -0.3 is 9.47 Å². The highest BCUT2D eigenvalue weighted by molar-refractivity contribution is 5.98. The van der Waals surface area contributed by atoms with Crippen LogP contribution in [0.5, 0.6) is 5.75 Å². The second-order valence-electron chi connectivity index (χ2n) is 5.95. The van der Waals surface area contributed by atoms with Crippen LogP contribution in [0, 0.1) is 0 Å². The fraction of sp³-hybridized carbons (Fsp3) is 0.600. The van der Waals surface area contributed by atoms with Gasteiger partial charge in [-0.2, -0.15) is 0 Å². The number of methoxy groups -OCH3 is 1. The summed E-state index contributed by atoms with van der Waals surface area (Å²) < 4.78 is 10.2. The second-order valence-corrected chi connectivity index (χ2v) is 5.95. The summed E-state index contributed by atoms with van der Waals surface area (Å²) >= 11 is 0. The van der Waals surface area contributed by atoms with Crippen LogP contribution in [0.15, 0.2) is 18.2 Å². The number of carbonyl (C=O) groups excluding carboxylic acids is 2. The minimum atomic E-state index is -0.309. The van der Waals surface area contributed by atoms with E-state index >= 15 is 0 Å². The first kappa shape index (κ1) is 20.2. The monoisotopic (exact) mass is 334 g/mol. The fourth-order valence-electron chi connectivity index (χ4n) is 2.66. The van der Waals surface area contributed by atoms with E-state index in [0.717, 1.165) is 12.8 Å². The Kier molecular flexibility index (Phi) is 9.81. The van der Waals surface area contributed by atoms with Gasteiger partial charge >= 0.3 is 5.97 Å². The largest absolute Gasteiger partial charge is 0.497 e. The molecule has 1 rings (SSSR count). The van der Waals surface area contributed by atoms with Crippen molar-refractivity contribution in [1.82, 2.24) is 0 Å². The van der Waals surface area contributed by atoms with Crippen molar-refractivity contribution < 1.29 is 19.1 Å². The molecule has 0 aliphatic carbocycles. The number of benzene rings is 1. The third kappa shape index (κ3) is 7.16. The SMILES string of the molecule is CCCCCCCCC(=O)c1cc(OC)ccc1CC(=O)OCC. The zero-order chi connectivity index (χ0) is 17.8. The van der Waals surface area contributed by atoms with Gasteiger partial charge in [0.2, 0.25) is 0 Å². The molecular weight excluding hydrogens is 304 g/mol. The molecule has 0 unspecified atom stereocenters. The van der Waals surface area contributed by atoms with Crippen molar-refractivity contribution in [3.05, 3.63) is 29.3 Å². The molecule has 0 atom stereocenters. The lowest BCUT2D eigenvalue weighted by Crippen LogP contribution is -2.12. The molecule has 0 aliphatic rings. The lowest BCUT2D eigenvalue weighted by atomic mass is 9.97. The first-order valence-corrected chi connectivity index (χ1v) is 8.98. The van der Waals surface area contributed by atoms with E-state index in [0.29, 0.717) is 29.9 Å². The zero-order valence-electron chi connectivity index (χ0n) is 15.2. The van der Waals surface area contributed by atoms with Crippen LogP contribution in [-0.2, 0) is 16.0 Å². The van der Waals surface area contributed by atoms with Crippen molar-refractivity contribution in [2.45, 2.75) is 65.2 Å². The van der Waals surface area contributed by atoms with Crippen LogP contribution in [-0.4, -0.2) is 25.5 Å². The van der Waals surface area contributed by atoms with Gasteiger partial charge in [-0.15, -0.1) is 0 Å². The number of carbonyl (C=O) groups is 2. The number of unbranched alkanes of at least 4 members (excludes halogenated alkanes) is 5. The van der Waals surface area contributed by atoms with E-state index in [1.807, 2.05) is 0 Å². The number of esters is 1. The summed E-state index contributed by atoms with van der Waals surface area (Å²) in [6.45, 7) is 4.31. The van der Waals surface area contributed by atoms with Crippen LogP contribution in [0.1, 0.15) is 74.7 Å². The maximum atomic E-state index is 12.6. The summed E-state index contributed by atoms with van der Waals surface area (Å²) in [6, 6.07) is 5.29. The van der Waals surface area contributed by atoms with E-state index in [9.17, 15) is 9.59 Å². The highest BCUT2D eigenvalue weighted by Crippen LogP contribution is 2.21. The summed E-state index contributed by atoms with van der Waals surface area (Å²) in [5.74, 6) is 0.397. The van der Waals surface area contributed by atoms with E-state index in [1.54, 1.807) is 32.2 Å². The molecule has 134 valence electrons. The van der Waals surface area contributed by atoms with Gasteiger partial charge in [-0.3, -0.25) is 9.59 Å². The molecule has 0 N–H and O–H groups in total. The molecule has 0 radical (unpaired) electrons. The van der Waals surface area contributed by atoms with Crippen molar-refractivity contribution in [1.29, 1.82) is 0 Å². The molecule has 0 bridgehead atoms. The molecule has 0 aromatic heterocycles. The molecule has 0 heterocycles. The number of ether oxygens (including phenoxy) is 2. The Morgan fingerprint density at radius 2 is 1.71 bits per heavy atom. The Morgan fingerprint density at radius 1 is 1.00 bits per heavy atom. The van der Waals surface area contributed by atoms with Gasteiger partial charge in [-0.1, -0.05) is 45.1 Å². The third-order valence-corrected chi connectivity index (χ3v) is 4.01. The van der Waals surface area contributed by atoms with Crippen molar-refractivity contribution >= 4 is 11.8 Å². The van der Waals surface area contributed by atoms with Crippen molar-refractivity contribution in [2.75, 3.05) is 13.7 Å². The standard InChI is InChI=1S/C20H30O4/c1-4-6-7-8-9-10-11-19(21)18-15-17(23-3)13-12-16(18)14-20(22)24-5-2/h12-13,15H,4-11,14H2,1-3H3. The summed E-state index contributed by atoms with van der Waals surface area (Å²) in [5.41, 5.74) is 1.29. The van der Waals surface area contributed by atoms with Crippen LogP contribution in [0.2, 0.25) is 0 Å². The molecule has 1 aromatic carbocycles. The Morgan fingerprint density at radius 3 is 2.38 bits per heavy atom. The number of Topliss-reactive ketones (excluding diaryl/α,β-unsaturated/α-hetero) is 1. The normalized spacial score (nSPS) is 10.5. The van der Waals surface area contributed by atoms with Gasteiger partial charge in [0.1, 0.15) is 5.75 Å². The Labute approximate surface area is 145 Å². The number of hydrogen-bond donors (Lipinski definition) is 0. The molecule has 0 amide bonds. The highest BCUT2D eigenvalue weighted by atomic mass is 16.5. The molecule has 0 aliphatic heterocycles. The van der Waals surface area contributed by atoms with Crippen molar-refractivity contribution in [3.8, 4) is 5.75 Å². The molecule has 24 heavy (non-hydrogen) atoms. The zero-order valence-corrected chi connectivity index (χ0v) is 15.2. The molecule has 0 spiro atoms. The van der Waals surface area contributed by atoms with Crippen LogP contribution in [0.25, 0.3) is 0 Å². The molecule has 0 fully saturated rings. The summed E-state index contributed by atoms with van der Waals surface area (Å²) in [4.78, 5) is 24.3. The maximum absolute atomic E-state index is 12.6. The lowest BCUT2D eigenvalue weighted by Gasteiger charge is -2.11. The fourth-order valence-corrected chi connectivity index (χ4v) is 2.66. The Balaban J connectivity index is 2.68. The van der Waals surface area contributed by atoms with E-state index in [4.69, 9.17) is 9.47 Å². The average Bonchev–Trinajstić information content (AvgIpc) is 2.58. The van der Waals surface area contributed by atoms with Crippen molar-refractivity contribution in [2.24, 2.45) is 0 Å². The molecule has 0 saturated heterocycles. The summed E-state index contributed by atoms with van der Waals surface area (Å²) in [6.07, 6.45) is 7.48. The minimum Gasteiger partial charge on any atom is -0.497 e. The van der Waals surface area contributed by atoms with Gasteiger partial charge in [0.05, 0.1) is 20.1 Å². The van der Waals surface area contributed by atoms with Crippen LogP contribution >= 0.6 is 0 Å².